The Morgan fingerprint density at radius 1 is 1.41 bits per heavy atom. The quantitative estimate of drug-likeness (QED) is 0.822. The highest BCUT2D eigenvalue weighted by Gasteiger charge is 2.15. The summed E-state index contributed by atoms with van der Waals surface area (Å²) >= 11 is 0. The van der Waals surface area contributed by atoms with Gasteiger partial charge >= 0.3 is 5.97 Å². The first kappa shape index (κ1) is 11.2. The first-order valence-corrected chi connectivity index (χ1v) is 5.14. The molecule has 0 saturated carbocycles. The summed E-state index contributed by atoms with van der Waals surface area (Å²) < 4.78 is 1.62. The molecule has 0 aliphatic carbocycles. The van der Waals surface area contributed by atoms with Crippen LogP contribution in [-0.2, 0) is 6.54 Å². The number of hydrogen-bond donors (Lipinski definition) is 2. The summed E-state index contributed by atoms with van der Waals surface area (Å²) in [6.45, 7) is 2.35. The van der Waals surface area contributed by atoms with Crippen LogP contribution in [-0.4, -0.2) is 20.7 Å². The molecule has 88 valence electrons. The van der Waals surface area contributed by atoms with E-state index in [-0.39, 0.29) is 16.7 Å². The Morgan fingerprint density at radius 2 is 2.12 bits per heavy atom. The molecule has 0 unspecified atom stereocenters. The standard InChI is InChI=1S/C12H11NO4/c1-2-13-6-7(12(16)17)11(15)10-8(13)4-3-5-9(10)14/h3-6,14H,2H2,1H3,(H,16,17). The third-order valence-corrected chi connectivity index (χ3v) is 2.66. The number of carboxylic acids is 1. The molecule has 0 radical (unpaired) electrons. The Labute approximate surface area is 96.5 Å². The number of aromatic carboxylic acids is 1. The van der Waals surface area contributed by atoms with Crippen LogP contribution in [0.2, 0.25) is 0 Å². The summed E-state index contributed by atoms with van der Waals surface area (Å²) in [6, 6.07) is 4.66. The van der Waals surface area contributed by atoms with Crippen molar-refractivity contribution in [3.05, 3.63) is 40.2 Å². The average Bonchev–Trinajstić information content (AvgIpc) is 2.29. The molecule has 17 heavy (non-hydrogen) atoms. The molecule has 2 N–H and O–H groups in total. The van der Waals surface area contributed by atoms with Gasteiger partial charge in [-0.25, -0.2) is 4.79 Å². The van der Waals surface area contributed by atoms with Gasteiger partial charge in [0, 0.05) is 12.7 Å². The molecular formula is C12H11NO4. The van der Waals surface area contributed by atoms with Crippen molar-refractivity contribution in [2.24, 2.45) is 0 Å². The van der Waals surface area contributed by atoms with Crippen LogP contribution >= 0.6 is 0 Å². The summed E-state index contributed by atoms with van der Waals surface area (Å²) in [6.07, 6.45) is 1.30. The molecule has 0 amide bonds. The second kappa shape index (κ2) is 3.93. The van der Waals surface area contributed by atoms with E-state index in [2.05, 4.69) is 0 Å². The minimum Gasteiger partial charge on any atom is -0.507 e. The van der Waals surface area contributed by atoms with Crippen LogP contribution in [0, 0.1) is 0 Å². The fraction of sp³-hybridized carbons (Fsp3) is 0.167. The number of hydrogen-bond acceptors (Lipinski definition) is 3. The number of phenolic OH excluding ortho intramolecular Hbond substituents is 1. The van der Waals surface area contributed by atoms with E-state index in [1.807, 2.05) is 6.92 Å². The van der Waals surface area contributed by atoms with Crippen molar-refractivity contribution >= 4 is 16.9 Å². The zero-order valence-corrected chi connectivity index (χ0v) is 9.17. The molecule has 2 aromatic rings. The highest BCUT2D eigenvalue weighted by Crippen LogP contribution is 2.21. The molecule has 0 atom stereocenters. The minimum absolute atomic E-state index is 0.0502. The van der Waals surface area contributed by atoms with Gasteiger partial charge in [-0.3, -0.25) is 4.79 Å². The van der Waals surface area contributed by atoms with E-state index in [1.165, 1.54) is 12.3 Å². The number of pyridine rings is 1. The van der Waals surface area contributed by atoms with Crippen molar-refractivity contribution in [1.29, 1.82) is 0 Å². The van der Waals surface area contributed by atoms with Gasteiger partial charge in [0.05, 0.1) is 10.9 Å². The monoisotopic (exact) mass is 233 g/mol. The van der Waals surface area contributed by atoms with Crippen molar-refractivity contribution in [2.75, 3.05) is 0 Å². The molecule has 0 spiro atoms. The molecule has 0 bridgehead atoms. The summed E-state index contributed by atoms with van der Waals surface area (Å²) in [4.78, 5) is 22.9. The SMILES string of the molecule is CCn1cc(C(=O)O)c(=O)c2c(O)cccc21. The Balaban J connectivity index is 3.02. The third-order valence-electron chi connectivity index (χ3n) is 2.66. The maximum atomic E-state index is 11.9. The summed E-state index contributed by atoms with van der Waals surface area (Å²) in [5.41, 5.74) is -0.460. The molecule has 5 nitrogen and oxygen atoms in total. The van der Waals surface area contributed by atoms with E-state index in [4.69, 9.17) is 5.11 Å². The summed E-state index contributed by atoms with van der Waals surface area (Å²) in [7, 11) is 0. The number of carbonyl (C=O) groups is 1. The number of nitrogens with zero attached hydrogens (tertiary/aromatic N) is 1. The molecule has 0 aliphatic rings. The molecule has 1 heterocycles. The van der Waals surface area contributed by atoms with Gasteiger partial charge < -0.3 is 14.8 Å². The number of aromatic nitrogens is 1. The Bertz CT molecular complexity index is 657. The lowest BCUT2D eigenvalue weighted by Crippen LogP contribution is -2.18. The predicted octanol–water partition coefficient (Wildman–Crippen LogP) is 1.43. The fourth-order valence-corrected chi connectivity index (χ4v) is 1.83. The van der Waals surface area contributed by atoms with E-state index in [9.17, 15) is 14.7 Å². The lowest BCUT2D eigenvalue weighted by atomic mass is 10.1. The maximum Gasteiger partial charge on any atom is 0.341 e. The molecule has 5 heteroatoms. The fourth-order valence-electron chi connectivity index (χ4n) is 1.83. The van der Waals surface area contributed by atoms with Crippen molar-refractivity contribution in [1.82, 2.24) is 4.57 Å². The topological polar surface area (TPSA) is 79.5 Å². The normalized spacial score (nSPS) is 10.6. The van der Waals surface area contributed by atoms with Crippen LogP contribution < -0.4 is 5.43 Å². The molecule has 0 fully saturated rings. The number of phenols is 1. The van der Waals surface area contributed by atoms with Crippen LogP contribution in [0.25, 0.3) is 10.9 Å². The first-order valence-electron chi connectivity index (χ1n) is 5.14. The van der Waals surface area contributed by atoms with Crippen LogP contribution in [0.1, 0.15) is 17.3 Å². The van der Waals surface area contributed by atoms with E-state index in [0.29, 0.717) is 12.1 Å². The predicted molar refractivity (Wildman–Crippen MR) is 62.5 cm³/mol. The van der Waals surface area contributed by atoms with Gasteiger partial charge in [-0.1, -0.05) is 6.07 Å². The summed E-state index contributed by atoms with van der Waals surface area (Å²) in [5, 5.41) is 18.7. The largest absolute Gasteiger partial charge is 0.507 e. The summed E-state index contributed by atoms with van der Waals surface area (Å²) in [5.74, 6) is -1.49. The smallest absolute Gasteiger partial charge is 0.341 e. The van der Waals surface area contributed by atoms with Gasteiger partial charge in [0.25, 0.3) is 0 Å². The zero-order chi connectivity index (χ0) is 12.6. The Kier molecular flexibility index (Phi) is 2.59. The van der Waals surface area contributed by atoms with Crippen molar-refractivity contribution in [3.63, 3.8) is 0 Å². The van der Waals surface area contributed by atoms with Crippen molar-refractivity contribution < 1.29 is 15.0 Å². The van der Waals surface area contributed by atoms with E-state index in [1.54, 1.807) is 16.7 Å². The van der Waals surface area contributed by atoms with E-state index < -0.39 is 11.4 Å². The molecule has 2 rings (SSSR count). The maximum absolute atomic E-state index is 11.9. The Morgan fingerprint density at radius 3 is 2.71 bits per heavy atom. The second-order valence-corrected chi connectivity index (χ2v) is 3.63. The van der Waals surface area contributed by atoms with E-state index in [0.717, 1.165) is 0 Å². The number of aryl methyl sites for hydroxylation is 1. The third kappa shape index (κ3) is 1.65. The van der Waals surface area contributed by atoms with Gasteiger partial charge in [0.1, 0.15) is 11.3 Å². The minimum atomic E-state index is -1.29. The molecule has 0 saturated heterocycles. The molecule has 1 aromatic carbocycles. The number of aromatic hydroxyl groups is 1. The molecular weight excluding hydrogens is 222 g/mol. The second-order valence-electron chi connectivity index (χ2n) is 3.63. The average molecular weight is 233 g/mol. The van der Waals surface area contributed by atoms with Gasteiger partial charge in [-0.15, -0.1) is 0 Å². The first-order chi connectivity index (χ1) is 8.06. The molecule has 1 aromatic heterocycles. The van der Waals surface area contributed by atoms with Crippen LogP contribution in [0.5, 0.6) is 5.75 Å². The zero-order valence-electron chi connectivity index (χ0n) is 9.17. The molecule has 0 aliphatic heterocycles. The van der Waals surface area contributed by atoms with Gasteiger partial charge in [-0.05, 0) is 19.1 Å². The number of rotatable bonds is 2. The van der Waals surface area contributed by atoms with Gasteiger partial charge in [-0.2, -0.15) is 0 Å². The van der Waals surface area contributed by atoms with Crippen LogP contribution in [0.4, 0.5) is 0 Å². The highest BCUT2D eigenvalue weighted by atomic mass is 16.4. The van der Waals surface area contributed by atoms with Crippen LogP contribution in [0.15, 0.2) is 29.2 Å². The van der Waals surface area contributed by atoms with Gasteiger partial charge in [0.15, 0.2) is 0 Å². The van der Waals surface area contributed by atoms with Crippen molar-refractivity contribution in [3.8, 4) is 5.75 Å². The van der Waals surface area contributed by atoms with E-state index >= 15 is 0 Å². The lowest BCUT2D eigenvalue weighted by molar-refractivity contribution is 0.0695. The Hall–Kier alpha value is -2.30. The van der Waals surface area contributed by atoms with Gasteiger partial charge in [0.2, 0.25) is 5.43 Å². The number of fused-ring (bicyclic) bond motifs is 1. The van der Waals surface area contributed by atoms with Crippen LogP contribution in [0.3, 0.4) is 0 Å². The highest BCUT2D eigenvalue weighted by molar-refractivity contribution is 5.94. The lowest BCUT2D eigenvalue weighted by Gasteiger charge is -2.10. The number of carboxylic acid groups (broad SMARTS) is 1. The number of benzene rings is 1. The van der Waals surface area contributed by atoms with Crippen molar-refractivity contribution in [2.45, 2.75) is 13.5 Å².